The number of nitrogens with one attached hydrogen (secondary N) is 1. The van der Waals surface area contributed by atoms with Crippen molar-refractivity contribution in [2.75, 3.05) is 18.5 Å². The van der Waals surface area contributed by atoms with Gasteiger partial charge in [-0.25, -0.2) is 4.79 Å². The lowest BCUT2D eigenvalue weighted by atomic mass is 9.73. The van der Waals surface area contributed by atoms with Gasteiger partial charge in [-0.15, -0.1) is 0 Å². The summed E-state index contributed by atoms with van der Waals surface area (Å²) in [6.07, 6.45) is 1.64. The quantitative estimate of drug-likeness (QED) is 0.623. The molecule has 168 valence electrons. The first-order chi connectivity index (χ1) is 15.9. The molecule has 3 aromatic rings. The third-order valence-corrected chi connectivity index (χ3v) is 7.05. The minimum absolute atomic E-state index is 0.234. The number of carbonyl (C=O) groups excluding carboxylic acids is 3. The van der Waals surface area contributed by atoms with Gasteiger partial charge in [0, 0.05) is 31.7 Å². The molecule has 0 aromatic heterocycles. The summed E-state index contributed by atoms with van der Waals surface area (Å²) in [5.41, 5.74) is 1.80. The van der Waals surface area contributed by atoms with Crippen LogP contribution >= 0.6 is 0 Å². The van der Waals surface area contributed by atoms with Crippen molar-refractivity contribution in [3.05, 3.63) is 77.9 Å². The first kappa shape index (κ1) is 21.2. The van der Waals surface area contributed by atoms with Crippen LogP contribution in [0.2, 0.25) is 0 Å². The Labute approximate surface area is 193 Å². The molecule has 6 nitrogen and oxygen atoms in total. The van der Waals surface area contributed by atoms with Crippen molar-refractivity contribution >= 4 is 34.3 Å². The van der Waals surface area contributed by atoms with Crippen LogP contribution < -0.4 is 10.2 Å². The molecule has 1 fully saturated rings. The van der Waals surface area contributed by atoms with E-state index in [-0.39, 0.29) is 19.0 Å². The topological polar surface area (TPSA) is 69.7 Å². The summed E-state index contributed by atoms with van der Waals surface area (Å²) >= 11 is 0. The van der Waals surface area contributed by atoms with E-state index in [9.17, 15) is 14.4 Å². The van der Waals surface area contributed by atoms with Crippen LogP contribution in [0.1, 0.15) is 24.5 Å². The van der Waals surface area contributed by atoms with Gasteiger partial charge in [0.15, 0.2) is 0 Å². The average Bonchev–Trinajstić information content (AvgIpc) is 2.82. The van der Waals surface area contributed by atoms with Crippen molar-refractivity contribution in [1.29, 1.82) is 0 Å². The van der Waals surface area contributed by atoms with Crippen LogP contribution in [0, 0.1) is 5.41 Å². The Morgan fingerprint density at radius 1 is 0.970 bits per heavy atom. The van der Waals surface area contributed by atoms with E-state index in [0.29, 0.717) is 6.42 Å². The summed E-state index contributed by atoms with van der Waals surface area (Å²) in [5.74, 6) is -0.906. The molecule has 1 saturated heterocycles. The van der Waals surface area contributed by atoms with Crippen LogP contribution in [0.4, 0.5) is 10.5 Å². The van der Waals surface area contributed by atoms with Gasteiger partial charge in [-0.1, -0.05) is 60.7 Å². The number of hydrogen-bond acceptors (Lipinski definition) is 4. The first-order valence-corrected chi connectivity index (χ1v) is 11.4. The maximum atomic E-state index is 13.9. The molecule has 0 saturated carbocycles. The third kappa shape index (κ3) is 3.46. The van der Waals surface area contributed by atoms with E-state index in [1.807, 2.05) is 79.5 Å². The lowest BCUT2D eigenvalue weighted by Crippen LogP contribution is -2.69. The second-order valence-corrected chi connectivity index (χ2v) is 9.21. The van der Waals surface area contributed by atoms with E-state index in [4.69, 9.17) is 0 Å². The summed E-state index contributed by atoms with van der Waals surface area (Å²) < 4.78 is 0. The minimum Gasteiger partial charge on any atom is -0.373 e. The predicted molar refractivity (Wildman–Crippen MR) is 128 cm³/mol. The number of aryl methyl sites for hydroxylation is 1. The molecule has 4 amide bonds. The normalized spacial score (nSPS) is 21.3. The molecule has 1 N–H and O–H groups in total. The molecule has 2 aliphatic heterocycles. The van der Waals surface area contributed by atoms with E-state index in [1.54, 1.807) is 0 Å². The summed E-state index contributed by atoms with van der Waals surface area (Å²) in [5, 5.41) is 4.59. The molecule has 2 aliphatic rings. The molecular formula is C27H27N3O3. The molecule has 1 spiro atoms. The zero-order valence-electron chi connectivity index (χ0n) is 18.9. The Hall–Kier alpha value is -3.67. The molecule has 2 unspecified atom stereocenters. The number of amides is 4. The molecule has 2 heterocycles. The Kier molecular flexibility index (Phi) is 5.16. The smallest absolute Gasteiger partial charge is 0.331 e. The predicted octanol–water partition coefficient (Wildman–Crippen LogP) is 3.92. The molecule has 5 rings (SSSR count). The highest BCUT2D eigenvalue weighted by Crippen LogP contribution is 2.42. The highest BCUT2D eigenvalue weighted by molar-refractivity contribution is 6.20. The lowest BCUT2D eigenvalue weighted by molar-refractivity contribution is -0.152. The molecule has 33 heavy (non-hydrogen) atoms. The number of barbiturate groups is 1. The molecule has 0 bridgehead atoms. The Bertz CT molecular complexity index is 1260. The molecule has 6 heteroatoms. The number of rotatable bonds is 4. The summed E-state index contributed by atoms with van der Waals surface area (Å²) in [6.45, 7) is 2.11. The van der Waals surface area contributed by atoms with Gasteiger partial charge in [-0.2, -0.15) is 0 Å². The summed E-state index contributed by atoms with van der Waals surface area (Å²) in [6, 6.07) is 21.1. The second kappa shape index (κ2) is 8.03. The van der Waals surface area contributed by atoms with Gasteiger partial charge in [0.2, 0.25) is 11.8 Å². The number of urea groups is 1. The van der Waals surface area contributed by atoms with Crippen LogP contribution in [0.3, 0.4) is 0 Å². The maximum absolute atomic E-state index is 13.9. The van der Waals surface area contributed by atoms with Gasteiger partial charge in [0.1, 0.15) is 5.41 Å². The maximum Gasteiger partial charge on any atom is 0.331 e. The van der Waals surface area contributed by atoms with E-state index in [2.05, 4.69) is 11.4 Å². The largest absolute Gasteiger partial charge is 0.373 e. The van der Waals surface area contributed by atoms with Crippen LogP contribution in [-0.2, 0) is 22.4 Å². The standard InChI is InChI=1S/C27H27N3O3/c1-18(12-13-19-8-4-3-5-9-19)30-25(32)27(24(31)28-26(30)33)16-22-21-11-7-6-10-20(21)14-15-23(22)29(2)17-27/h3-11,14-15,18H,12-13,16-17H2,1-2H3,(H,28,31,33). The van der Waals surface area contributed by atoms with Crippen molar-refractivity contribution in [3.63, 3.8) is 0 Å². The fraction of sp³-hybridized carbons (Fsp3) is 0.296. The fourth-order valence-corrected chi connectivity index (χ4v) is 5.26. The number of carbonyl (C=O) groups is 3. The summed E-state index contributed by atoms with van der Waals surface area (Å²) in [7, 11) is 1.90. The van der Waals surface area contributed by atoms with Crippen molar-refractivity contribution < 1.29 is 14.4 Å². The third-order valence-electron chi connectivity index (χ3n) is 7.05. The van der Waals surface area contributed by atoms with Crippen LogP contribution in [0.15, 0.2) is 66.7 Å². The Morgan fingerprint density at radius 3 is 2.48 bits per heavy atom. The van der Waals surface area contributed by atoms with Gasteiger partial charge < -0.3 is 4.90 Å². The first-order valence-electron chi connectivity index (χ1n) is 11.4. The van der Waals surface area contributed by atoms with E-state index in [1.165, 1.54) is 4.90 Å². The highest BCUT2D eigenvalue weighted by Gasteiger charge is 2.57. The van der Waals surface area contributed by atoms with Crippen LogP contribution in [0.25, 0.3) is 10.8 Å². The van der Waals surface area contributed by atoms with Gasteiger partial charge in [-0.05, 0) is 47.7 Å². The fourth-order valence-electron chi connectivity index (χ4n) is 5.26. The van der Waals surface area contributed by atoms with Gasteiger partial charge in [0.05, 0.1) is 0 Å². The van der Waals surface area contributed by atoms with Crippen LogP contribution in [-0.4, -0.2) is 42.4 Å². The Morgan fingerprint density at radius 2 is 1.70 bits per heavy atom. The SMILES string of the molecule is CC(CCc1ccccc1)N1C(=O)NC(=O)C2(Cc3c(ccc4ccccc34)N(C)C2)C1=O. The number of benzene rings is 3. The van der Waals surface area contributed by atoms with Crippen molar-refractivity contribution in [2.24, 2.45) is 5.41 Å². The number of imide groups is 2. The van der Waals surface area contributed by atoms with Crippen molar-refractivity contribution in [3.8, 4) is 0 Å². The molecule has 3 aromatic carbocycles. The van der Waals surface area contributed by atoms with Gasteiger partial charge in [-0.3, -0.25) is 19.8 Å². The van der Waals surface area contributed by atoms with Crippen LogP contribution in [0.5, 0.6) is 0 Å². The van der Waals surface area contributed by atoms with Crippen molar-refractivity contribution in [2.45, 2.75) is 32.2 Å². The van der Waals surface area contributed by atoms with E-state index < -0.39 is 23.3 Å². The number of hydrogen-bond donors (Lipinski definition) is 1. The van der Waals surface area contributed by atoms with E-state index in [0.717, 1.165) is 34.0 Å². The molecule has 0 radical (unpaired) electrons. The average molecular weight is 442 g/mol. The zero-order valence-corrected chi connectivity index (χ0v) is 18.9. The van der Waals surface area contributed by atoms with Gasteiger partial charge in [0.25, 0.3) is 0 Å². The zero-order chi connectivity index (χ0) is 23.2. The number of nitrogens with zero attached hydrogens (tertiary/aromatic N) is 2. The molecular weight excluding hydrogens is 414 g/mol. The Balaban J connectivity index is 1.49. The highest BCUT2D eigenvalue weighted by atomic mass is 16.2. The molecule has 2 atom stereocenters. The van der Waals surface area contributed by atoms with Crippen molar-refractivity contribution in [1.82, 2.24) is 10.2 Å². The number of fused-ring (bicyclic) bond motifs is 3. The number of anilines is 1. The van der Waals surface area contributed by atoms with E-state index >= 15 is 0 Å². The monoisotopic (exact) mass is 441 g/mol. The molecule has 0 aliphatic carbocycles. The minimum atomic E-state index is -1.33. The lowest BCUT2D eigenvalue weighted by Gasteiger charge is -2.46. The van der Waals surface area contributed by atoms with Gasteiger partial charge >= 0.3 is 6.03 Å². The summed E-state index contributed by atoms with van der Waals surface area (Å²) in [4.78, 5) is 43.1. The second-order valence-electron chi connectivity index (χ2n) is 9.21.